The van der Waals surface area contributed by atoms with Crippen molar-refractivity contribution in [2.24, 2.45) is 0 Å². The van der Waals surface area contributed by atoms with Gasteiger partial charge in [-0.3, -0.25) is 0 Å². The van der Waals surface area contributed by atoms with E-state index >= 15 is 0 Å². The first-order valence-electron chi connectivity index (χ1n) is 1.73. The first-order chi connectivity index (χ1) is 3.43. The molecule has 0 saturated carbocycles. The molecule has 0 amide bonds. The molecule has 0 N–H and O–H groups in total. The van der Waals surface area contributed by atoms with E-state index in [-0.39, 0.29) is 0 Å². The van der Waals surface area contributed by atoms with Gasteiger partial charge in [0, 0.05) is 0 Å². The number of hydrogen-bond acceptors (Lipinski definition) is 2. The number of alkyl halides is 1. The Morgan fingerprint density at radius 1 is 1.86 bits per heavy atom. The van der Waals surface area contributed by atoms with Gasteiger partial charge in [-0.1, -0.05) is 0 Å². The molecule has 0 unspecified atom stereocenters. The van der Waals surface area contributed by atoms with Gasteiger partial charge < -0.3 is 0 Å². The Morgan fingerprint density at radius 3 is 3.00 bits per heavy atom. The minimum absolute atomic E-state index is 0.471. The predicted octanol–water partition coefficient (Wildman–Crippen LogP) is 1.21. The molecule has 0 spiro atoms. The number of halogens is 1. The second kappa shape index (κ2) is 2.02. The van der Waals surface area contributed by atoms with E-state index in [1.807, 2.05) is 0 Å². The second-order valence-corrected chi connectivity index (χ2v) is 1.85. The lowest BCUT2D eigenvalue weighted by atomic mass is 10.6. The Hall–Kier alpha value is -0.440. The molecule has 1 aromatic rings. The molecule has 1 nitrogen and oxygen atoms in total. The maximum absolute atomic E-state index is 11.5. The first-order valence-corrected chi connectivity index (χ1v) is 2.54. The molecule has 0 aliphatic rings. The minimum atomic E-state index is -0.471. The topological polar surface area (TPSA) is 12.9 Å². The summed E-state index contributed by atoms with van der Waals surface area (Å²) in [6, 6.07) is 0. The Bertz CT molecular complexity index is 126. The second-order valence-electron chi connectivity index (χ2n) is 0.974. The summed E-state index contributed by atoms with van der Waals surface area (Å²) in [6.07, 6.45) is 2.42. The van der Waals surface area contributed by atoms with Crippen LogP contribution in [-0.4, -0.2) is 4.98 Å². The van der Waals surface area contributed by atoms with Crippen molar-refractivity contribution in [3.8, 4) is 0 Å². The summed E-state index contributed by atoms with van der Waals surface area (Å²) in [7, 11) is 0. The largest absolute Gasteiger partial charge is 0.245 e. The van der Waals surface area contributed by atoms with Crippen LogP contribution in [0.5, 0.6) is 0 Å². The molecule has 0 fully saturated rings. The van der Waals surface area contributed by atoms with E-state index in [1.165, 1.54) is 0 Å². The van der Waals surface area contributed by atoms with E-state index in [0.717, 1.165) is 11.3 Å². The SMILES string of the molecule is FCc1[c]n[c]s1. The van der Waals surface area contributed by atoms with Gasteiger partial charge in [0.05, 0.1) is 4.88 Å². The van der Waals surface area contributed by atoms with Crippen LogP contribution in [0.3, 0.4) is 0 Å². The van der Waals surface area contributed by atoms with Crippen LogP contribution in [0, 0.1) is 11.7 Å². The van der Waals surface area contributed by atoms with Crippen LogP contribution in [0.1, 0.15) is 4.88 Å². The van der Waals surface area contributed by atoms with Crippen LogP contribution in [0.15, 0.2) is 0 Å². The van der Waals surface area contributed by atoms with Gasteiger partial charge in [-0.2, -0.15) is 0 Å². The predicted molar refractivity (Wildman–Crippen MR) is 24.6 cm³/mol. The highest BCUT2D eigenvalue weighted by atomic mass is 32.1. The first kappa shape index (κ1) is 4.71. The molecule has 0 aliphatic carbocycles. The maximum atomic E-state index is 11.5. The van der Waals surface area contributed by atoms with Crippen LogP contribution < -0.4 is 0 Å². The lowest BCUT2D eigenvalue weighted by molar-refractivity contribution is 0.490. The van der Waals surface area contributed by atoms with Gasteiger partial charge in [0.1, 0.15) is 12.9 Å². The van der Waals surface area contributed by atoms with E-state index in [9.17, 15) is 4.39 Å². The molecule has 36 valence electrons. The van der Waals surface area contributed by atoms with Gasteiger partial charge in [-0.05, 0) is 0 Å². The molecule has 2 radical (unpaired) electrons. The third kappa shape index (κ3) is 0.962. The summed E-state index contributed by atoms with van der Waals surface area (Å²) in [5.41, 5.74) is 2.48. The molecule has 3 heteroatoms. The third-order valence-electron chi connectivity index (χ3n) is 0.516. The van der Waals surface area contributed by atoms with Crippen molar-refractivity contribution >= 4 is 11.3 Å². The number of hydrogen-bond donors (Lipinski definition) is 0. The lowest BCUT2D eigenvalue weighted by Crippen LogP contribution is -1.63. The summed E-state index contributed by atoms with van der Waals surface area (Å²) < 4.78 is 11.5. The van der Waals surface area contributed by atoms with Gasteiger partial charge in [0.2, 0.25) is 0 Å². The Labute approximate surface area is 44.8 Å². The summed E-state index contributed by atoms with van der Waals surface area (Å²) in [6.45, 7) is -0.471. The van der Waals surface area contributed by atoms with Crippen LogP contribution in [0.2, 0.25) is 0 Å². The fourth-order valence-corrected chi connectivity index (χ4v) is 0.590. The van der Waals surface area contributed by atoms with Gasteiger partial charge >= 0.3 is 0 Å². The van der Waals surface area contributed by atoms with Crippen molar-refractivity contribution in [2.45, 2.75) is 6.67 Å². The molecule has 0 aliphatic heterocycles. The highest BCUT2D eigenvalue weighted by Crippen LogP contribution is 2.03. The monoisotopic (exact) mass is 115 g/mol. The normalized spacial score (nSPS) is 9.29. The summed E-state index contributed by atoms with van der Waals surface area (Å²) >= 11 is 1.16. The average molecular weight is 115 g/mol. The summed E-state index contributed by atoms with van der Waals surface area (Å²) in [5, 5.41) is 0. The molecule has 1 aromatic heterocycles. The Morgan fingerprint density at radius 2 is 2.71 bits per heavy atom. The maximum Gasteiger partial charge on any atom is 0.153 e. The van der Waals surface area contributed by atoms with Gasteiger partial charge in [-0.15, -0.1) is 11.3 Å². The van der Waals surface area contributed by atoms with Crippen molar-refractivity contribution in [2.75, 3.05) is 0 Å². The van der Waals surface area contributed by atoms with E-state index < -0.39 is 6.67 Å². The van der Waals surface area contributed by atoms with E-state index in [4.69, 9.17) is 0 Å². The molecule has 0 bridgehead atoms. The molecule has 1 rings (SSSR count). The van der Waals surface area contributed by atoms with Crippen molar-refractivity contribution in [1.82, 2.24) is 4.98 Å². The average Bonchev–Trinajstić information content (AvgIpc) is 2.14. The standard InChI is InChI=1S/C4H2FNS/c5-1-4-2-6-3-7-4/h1H2. The van der Waals surface area contributed by atoms with Gasteiger partial charge in [0.25, 0.3) is 0 Å². The van der Waals surface area contributed by atoms with Crippen LogP contribution >= 0.6 is 11.3 Å². The zero-order valence-corrected chi connectivity index (χ0v) is 4.26. The highest BCUT2D eigenvalue weighted by Gasteiger charge is 1.89. The van der Waals surface area contributed by atoms with Crippen molar-refractivity contribution < 1.29 is 4.39 Å². The number of thiazole rings is 1. The summed E-state index contributed by atoms with van der Waals surface area (Å²) in [4.78, 5) is 3.94. The number of nitrogens with zero attached hydrogens (tertiary/aromatic N) is 1. The molecule has 7 heavy (non-hydrogen) atoms. The smallest absolute Gasteiger partial charge is 0.153 e. The van der Waals surface area contributed by atoms with Crippen LogP contribution in [0.25, 0.3) is 0 Å². The van der Waals surface area contributed by atoms with Crippen LogP contribution in [-0.2, 0) is 6.67 Å². The highest BCUT2D eigenvalue weighted by molar-refractivity contribution is 7.09. The number of rotatable bonds is 1. The fraction of sp³-hybridized carbons (Fsp3) is 0.250. The quantitative estimate of drug-likeness (QED) is 0.536. The number of aromatic nitrogens is 1. The molecule has 1 heterocycles. The molecule has 0 atom stereocenters. The minimum Gasteiger partial charge on any atom is -0.245 e. The van der Waals surface area contributed by atoms with Crippen molar-refractivity contribution in [1.29, 1.82) is 0 Å². The molecule has 0 saturated heterocycles. The van der Waals surface area contributed by atoms with Gasteiger partial charge in [-0.25, -0.2) is 9.37 Å². The van der Waals surface area contributed by atoms with Crippen molar-refractivity contribution in [3.63, 3.8) is 0 Å². The van der Waals surface area contributed by atoms with E-state index in [1.54, 1.807) is 0 Å². The molecular formula is C4H2FNS. The zero-order chi connectivity index (χ0) is 5.11. The van der Waals surface area contributed by atoms with E-state index in [0.29, 0.717) is 4.88 Å². The fourth-order valence-electron chi connectivity index (χ4n) is 0.243. The molecular weight excluding hydrogens is 113 g/mol. The summed E-state index contributed by atoms with van der Waals surface area (Å²) in [5.74, 6) is 0. The van der Waals surface area contributed by atoms with E-state index in [2.05, 4.69) is 16.7 Å². The van der Waals surface area contributed by atoms with Crippen molar-refractivity contribution in [3.05, 3.63) is 16.6 Å². The lowest BCUT2D eigenvalue weighted by Gasteiger charge is -1.72. The third-order valence-corrected chi connectivity index (χ3v) is 1.15. The van der Waals surface area contributed by atoms with Crippen LogP contribution in [0.4, 0.5) is 4.39 Å². The zero-order valence-electron chi connectivity index (χ0n) is 3.44. The Balaban J connectivity index is 2.76. The Kier molecular flexibility index (Phi) is 1.36. The van der Waals surface area contributed by atoms with Gasteiger partial charge in [0.15, 0.2) is 5.51 Å². The molecule has 0 aromatic carbocycles.